The molecule has 7 heteroatoms. The molecule has 0 atom stereocenters. The van der Waals surface area contributed by atoms with E-state index in [9.17, 15) is 18.0 Å². The number of hydrogen-bond acceptors (Lipinski definition) is 3. The van der Waals surface area contributed by atoms with Crippen LogP contribution in [0.4, 0.5) is 18.0 Å². The van der Waals surface area contributed by atoms with E-state index in [1.54, 1.807) is 25.7 Å². The Kier molecular flexibility index (Phi) is 4.47. The summed E-state index contributed by atoms with van der Waals surface area (Å²) in [4.78, 5) is 13.0. The first-order valence-corrected chi connectivity index (χ1v) is 5.84. The van der Waals surface area contributed by atoms with Crippen LogP contribution in [-0.2, 0) is 4.74 Å². The second kappa shape index (κ2) is 5.34. The molecule has 0 aromatic heterocycles. The second-order valence-corrected chi connectivity index (χ2v) is 5.47. The number of alkyl halides is 3. The lowest BCUT2D eigenvalue weighted by atomic mass is 10.1. The van der Waals surface area contributed by atoms with Crippen molar-refractivity contribution in [1.82, 2.24) is 10.2 Å². The average molecular weight is 268 g/mol. The Morgan fingerprint density at radius 3 is 2.33 bits per heavy atom. The summed E-state index contributed by atoms with van der Waals surface area (Å²) >= 11 is 0. The molecule has 106 valence electrons. The molecule has 0 radical (unpaired) electrons. The largest absolute Gasteiger partial charge is 0.444 e. The number of carbonyl (C=O) groups is 1. The van der Waals surface area contributed by atoms with Crippen LogP contribution in [0.2, 0.25) is 0 Å². The van der Waals surface area contributed by atoms with E-state index in [0.29, 0.717) is 13.1 Å². The molecule has 0 aromatic carbocycles. The molecule has 0 aliphatic carbocycles. The molecule has 0 bridgehead atoms. The summed E-state index contributed by atoms with van der Waals surface area (Å²) in [5.74, 6) is 0. The predicted molar refractivity (Wildman–Crippen MR) is 60.3 cm³/mol. The molecule has 0 unspecified atom stereocenters. The van der Waals surface area contributed by atoms with Gasteiger partial charge in [-0.1, -0.05) is 0 Å². The molecular formula is C11H19F3N2O2. The molecule has 0 aromatic rings. The van der Waals surface area contributed by atoms with Crippen LogP contribution in [0.5, 0.6) is 0 Å². The van der Waals surface area contributed by atoms with Crippen molar-refractivity contribution in [2.45, 2.75) is 45.0 Å². The number of carbonyl (C=O) groups excluding carboxylic acids is 1. The van der Waals surface area contributed by atoms with Gasteiger partial charge in [0.2, 0.25) is 0 Å². The van der Waals surface area contributed by atoms with Crippen molar-refractivity contribution in [3.8, 4) is 0 Å². The van der Waals surface area contributed by atoms with Crippen LogP contribution in [0.1, 0.15) is 27.2 Å². The van der Waals surface area contributed by atoms with Gasteiger partial charge in [0, 0.05) is 19.6 Å². The summed E-state index contributed by atoms with van der Waals surface area (Å²) in [5.41, 5.74) is -0.566. The van der Waals surface area contributed by atoms with Crippen LogP contribution in [0.15, 0.2) is 0 Å². The minimum Gasteiger partial charge on any atom is -0.444 e. The van der Waals surface area contributed by atoms with Crippen molar-refractivity contribution < 1.29 is 22.7 Å². The number of amides is 1. The quantitative estimate of drug-likeness (QED) is 0.852. The fourth-order valence-electron chi connectivity index (χ4n) is 1.60. The maximum absolute atomic E-state index is 12.0. The number of nitrogens with zero attached hydrogens (tertiary/aromatic N) is 1. The molecule has 1 aliphatic rings. The van der Waals surface area contributed by atoms with E-state index < -0.39 is 24.3 Å². The summed E-state index contributed by atoms with van der Waals surface area (Å²) in [6.45, 7) is 6.12. The molecule has 18 heavy (non-hydrogen) atoms. The first-order valence-electron chi connectivity index (χ1n) is 5.84. The predicted octanol–water partition coefficient (Wildman–Crippen LogP) is 2.15. The lowest BCUT2D eigenvalue weighted by Crippen LogP contribution is -2.60. The third-order valence-corrected chi connectivity index (χ3v) is 2.39. The highest BCUT2D eigenvalue weighted by Gasteiger charge is 2.33. The van der Waals surface area contributed by atoms with E-state index >= 15 is 0 Å². The summed E-state index contributed by atoms with van der Waals surface area (Å²) < 4.78 is 40.9. The number of nitrogens with one attached hydrogen (secondary N) is 1. The molecule has 1 heterocycles. The molecule has 1 saturated heterocycles. The van der Waals surface area contributed by atoms with Gasteiger partial charge >= 0.3 is 12.3 Å². The van der Waals surface area contributed by atoms with Gasteiger partial charge in [-0.05, 0) is 20.8 Å². The maximum Gasteiger partial charge on any atom is 0.407 e. The Balaban J connectivity index is 2.14. The zero-order valence-electron chi connectivity index (χ0n) is 10.8. The highest BCUT2D eigenvalue weighted by atomic mass is 19.4. The van der Waals surface area contributed by atoms with Gasteiger partial charge in [-0.2, -0.15) is 13.2 Å². The number of ether oxygens (including phenoxy) is 1. The number of rotatable bonds is 3. The lowest BCUT2D eigenvalue weighted by molar-refractivity contribution is -0.140. The highest BCUT2D eigenvalue weighted by Crippen LogP contribution is 2.21. The number of likely N-dealkylation sites (tertiary alicyclic amines) is 1. The van der Waals surface area contributed by atoms with Crippen molar-refractivity contribution in [3.05, 3.63) is 0 Å². The number of alkyl carbamates (subject to hydrolysis) is 1. The van der Waals surface area contributed by atoms with E-state index in [0.717, 1.165) is 0 Å². The van der Waals surface area contributed by atoms with Gasteiger partial charge in [-0.25, -0.2) is 4.79 Å². The first-order chi connectivity index (χ1) is 8.05. The molecule has 1 amide bonds. The topological polar surface area (TPSA) is 41.6 Å². The van der Waals surface area contributed by atoms with Crippen LogP contribution in [0, 0.1) is 0 Å². The van der Waals surface area contributed by atoms with Gasteiger partial charge in [0.15, 0.2) is 0 Å². The minimum absolute atomic E-state index is 0.0179. The van der Waals surface area contributed by atoms with Crippen molar-refractivity contribution in [3.63, 3.8) is 0 Å². The van der Waals surface area contributed by atoms with Gasteiger partial charge in [-0.3, -0.25) is 4.90 Å². The third kappa shape index (κ3) is 6.09. The summed E-state index contributed by atoms with van der Waals surface area (Å²) in [6, 6.07) is -0.118. The minimum atomic E-state index is -4.12. The fourth-order valence-corrected chi connectivity index (χ4v) is 1.60. The van der Waals surface area contributed by atoms with Gasteiger partial charge in [0.25, 0.3) is 0 Å². The van der Waals surface area contributed by atoms with Crippen molar-refractivity contribution in [2.75, 3.05) is 19.6 Å². The highest BCUT2D eigenvalue weighted by molar-refractivity contribution is 5.68. The Bertz CT molecular complexity index is 294. The van der Waals surface area contributed by atoms with Crippen molar-refractivity contribution in [1.29, 1.82) is 0 Å². The monoisotopic (exact) mass is 268 g/mol. The van der Waals surface area contributed by atoms with Crippen LogP contribution in [0.3, 0.4) is 0 Å². The van der Waals surface area contributed by atoms with E-state index in [1.807, 2.05) is 0 Å². The molecule has 0 spiro atoms. The third-order valence-electron chi connectivity index (χ3n) is 2.39. The van der Waals surface area contributed by atoms with Crippen LogP contribution in [-0.4, -0.2) is 48.4 Å². The Morgan fingerprint density at radius 1 is 1.33 bits per heavy atom. The first kappa shape index (κ1) is 15.1. The van der Waals surface area contributed by atoms with Crippen LogP contribution < -0.4 is 5.32 Å². The lowest BCUT2D eigenvalue weighted by Gasteiger charge is -2.39. The van der Waals surface area contributed by atoms with Crippen molar-refractivity contribution in [2.24, 2.45) is 0 Å². The van der Waals surface area contributed by atoms with E-state index in [1.165, 1.54) is 0 Å². The Morgan fingerprint density at radius 2 is 1.89 bits per heavy atom. The van der Waals surface area contributed by atoms with Gasteiger partial charge in [0.1, 0.15) is 5.60 Å². The Hall–Kier alpha value is -0.980. The van der Waals surface area contributed by atoms with Gasteiger partial charge in [-0.15, -0.1) is 0 Å². The standard InChI is InChI=1S/C11H19F3N2O2/c1-10(2,3)18-9(17)15-8-6-16(7-8)5-4-11(12,13)14/h8H,4-7H2,1-3H3,(H,15,17). The molecule has 1 aliphatic heterocycles. The van der Waals surface area contributed by atoms with Gasteiger partial charge in [0.05, 0.1) is 12.5 Å². The molecule has 0 saturated carbocycles. The molecular weight excluding hydrogens is 249 g/mol. The van der Waals surface area contributed by atoms with Gasteiger partial charge < -0.3 is 10.1 Å². The van der Waals surface area contributed by atoms with E-state index in [-0.39, 0.29) is 12.6 Å². The SMILES string of the molecule is CC(C)(C)OC(=O)NC1CN(CCC(F)(F)F)C1. The fraction of sp³-hybridized carbons (Fsp3) is 0.909. The maximum atomic E-state index is 12.0. The Labute approximate surface area is 104 Å². The molecule has 4 nitrogen and oxygen atoms in total. The average Bonchev–Trinajstić information content (AvgIpc) is 2.03. The number of halogens is 3. The molecule has 1 rings (SSSR count). The summed E-state index contributed by atoms with van der Waals surface area (Å²) in [5, 5.41) is 2.62. The molecule has 1 fully saturated rings. The van der Waals surface area contributed by atoms with Crippen LogP contribution in [0.25, 0.3) is 0 Å². The van der Waals surface area contributed by atoms with E-state index in [4.69, 9.17) is 4.74 Å². The zero-order valence-corrected chi connectivity index (χ0v) is 10.8. The second-order valence-electron chi connectivity index (χ2n) is 5.47. The normalized spacial score (nSPS) is 18.3. The van der Waals surface area contributed by atoms with Crippen molar-refractivity contribution >= 4 is 6.09 Å². The molecule has 1 N–H and O–H groups in total. The smallest absolute Gasteiger partial charge is 0.407 e. The summed E-state index contributed by atoms with van der Waals surface area (Å²) in [7, 11) is 0. The number of hydrogen-bond donors (Lipinski definition) is 1. The van der Waals surface area contributed by atoms with E-state index in [2.05, 4.69) is 5.32 Å². The zero-order chi connectivity index (χ0) is 14.0. The van der Waals surface area contributed by atoms with Crippen LogP contribution >= 0.6 is 0 Å². The summed E-state index contributed by atoms with van der Waals surface area (Å²) in [6.07, 6.45) is -5.46.